The molecule has 0 bridgehead atoms. The van der Waals surface area contributed by atoms with Gasteiger partial charge in [-0.15, -0.1) is 0 Å². The molecular formula is C19H21N3O2. The molecule has 124 valence electrons. The summed E-state index contributed by atoms with van der Waals surface area (Å²) < 4.78 is 5.29. The molecule has 0 saturated heterocycles. The average molecular weight is 323 g/mol. The predicted molar refractivity (Wildman–Crippen MR) is 94.8 cm³/mol. The normalized spacial score (nSPS) is 20.7. The summed E-state index contributed by atoms with van der Waals surface area (Å²) in [5.41, 5.74) is 8.32. The first-order valence-electron chi connectivity index (χ1n) is 7.80. The fourth-order valence-corrected chi connectivity index (χ4v) is 2.91. The Morgan fingerprint density at radius 1 is 1.17 bits per heavy atom. The van der Waals surface area contributed by atoms with E-state index in [9.17, 15) is 4.79 Å². The Kier molecular flexibility index (Phi) is 4.01. The number of hydrogen-bond donors (Lipinski definition) is 1. The van der Waals surface area contributed by atoms with Gasteiger partial charge in [0.1, 0.15) is 5.75 Å². The molecule has 2 N–H and O–H groups in total. The van der Waals surface area contributed by atoms with Crippen LogP contribution in [0.15, 0.2) is 53.5 Å². The molecule has 1 aliphatic rings. The maximum atomic E-state index is 12.2. The molecule has 1 amide bonds. The molecule has 1 aliphatic heterocycles. The fourth-order valence-electron chi connectivity index (χ4n) is 2.91. The highest BCUT2D eigenvalue weighted by atomic mass is 16.5. The number of hydrogen-bond acceptors (Lipinski definition) is 4. The van der Waals surface area contributed by atoms with E-state index in [0.717, 1.165) is 22.4 Å². The lowest BCUT2D eigenvalue weighted by atomic mass is 9.86. The number of rotatable bonds is 3. The van der Waals surface area contributed by atoms with Crippen molar-refractivity contribution in [3.63, 3.8) is 0 Å². The third kappa shape index (κ3) is 2.85. The molecule has 0 fully saturated rings. The van der Waals surface area contributed by atoms with Crippen LogP contribution < -0.4 is 10.5 Å². The van der Waals surface area contributed by atoms with E-state index in [1.54, 1.807) is 14.2 Å². The fraction of sp³-hybridized carbons (Fsp3) is 0.263. The Hall–Kier alpha value is -2.82. The highest BCUT2D eigenvalue weighted by Gasteiger charge is 2.36. The Balaban J connectivity index is 2.03. The minimum atomic E-state index is -0.650. The van der Waals surface area contributed by atoms with Crippen LogP contribution in [0.5, 0.6) is 5.75 Å². The van der Waals surface area contributed by atoms with Gasteiger partial charge in [0.2, 0.25) is 5.91 Å². The lowest BCUT2D eigenvalue weighted by Gasteiger charge is -2.33. The van der Waals surface area contributed by atoms with Crippen molar-refractivity contribution in [2.24, 2.45) is 10.7 Å². The summed E-state index contributed by atoms with van der Waals surface area (Å²) in [6.07, 6.45) is 0.297. The van der Waals surface area contributed by atoms with Gasteiger partial charge >= 0.3 is 0 Å². The van der Waals surface area contributed by atoms with Crippen LogP contribution in [-0.2, 0) is 10.3 Å². The molecule has 0 spiro atoms. The number of benzene rings is 2. The smallest absolute Gasteiger partial charge is 0.231 e. The first kappa shape index (κ1) is 16.1. The van der Waals surface area contributed by atoms with Crippen molar-refractivity contribution >= 4 is 11.9 Å². The van der Waals surface area contributed by atoms with Gasteiger partial charge in [0.25, 0.3) is 0 Å². The minimum absolute atomic E-state index is 0.0308. The lowest BCUT2D eigenvalue weighted by molar-refractivity contribution is -0.128. The lowest BCUT2D eigenvalue weighted by Crippen LogP contribution is -2.47. The SMILES string of the molecule is COc1cccc(-c2cccc([C@]3(C)CC(=O)N(C)C(N)=N3)c2)c1. The summed E-state index contributed by atoms with van der Waals surface area (Å²) in [5.74, 6) is 1.03. The number of amides is 1. The van der Waals surface area contributed by atoms with E-state index in [0.29, 0.717) is 6.42 Å². The Bertz CT molecular complexity index is 816. The maximum Gasteiger partial charge on any atom is 0.231 e. The van der Waals surface area contributed by atoms with E-state index in [2.05, 4.69) is 11.1 Å². The van der Waals surface area contributed by atoms with Gasteiger partial charge in [-0.25, -0.2) is 4.99 Å². The van der Waals surface area contributed by atoms with Gasteiger partial charge in [0.15, 0.2) is 5.96 Å². The quantitative estimate of drug-likeness (QED) is 0.944. The van der Waals surface area contributed by atoms with Gasteiger partial charge in [-0.05, 0) is 41.8 Å². The zero-order valence-corrected chi connectivity index (χ0v) is 14.1. The van der Waals surface area contributed by atoms with Crippen LogP contribution in [0.25, 0.3) is 11.1 Å². The molecule has 2 aromatic carbocycles. The topological polar surface area (TPSA) is 67.9 Å². The second-order valence-corrected chi connectivity index (χ2v) is 6.19. The zero-order valence-electron chi connectivity index (χ0n) is 14.1. The number of ether oxygens (including phenoxy) is 1. The summed E-state index contributed by atoms with van der Waals surface area (Å²) in [6, 6.07) is 15.9. The average Bonchev–Trinajstić information content (AvgIpc) is 2.60. The zero-order chi connectivity index (χ0) is 17.3. The highest BCUT2D eigenvalue weighted by molar-refractivity contribution is 5.98. The Labute approximate surface area is 141 Å². The molecule has 1 heterocycles. The van der Waals surface area contributed by atoms with E-state index < -0.39 is 5.54 Å². The van der Waals surface area contributed by atoms with Crippen molar-refractivity contribution in [3.05, 3.63) is 54.1 Å². The third-order valence-corrected chi connectivity index (χ3v) is 4.46. The number of carbonyl (C=O) groups excluding carboxylic acids is 1. The van der Waals surface area contributed by atoms with Crippen molar-refractivity contribution in [2.75, 3.05) is 14.2 Å². The van der Waals surface area contributed by atoms with E-state index in [-0.39, 0.29) is 11.9 Å². The van der Waals surface area contributed by atoms with Gasteiger partial charge in [-0.3, -0.25) is 9.69 Å². The second kappa shape index (κ2) is 6.00. The molecule has 0 unspecified atom stereocenters. The molecular weight excluding hydrogens is 302 g/mol. The largest absolute Gasteiger partial charge is 0.497 e. The van der Waals surface area contributed by atoms with E-state index >= 15 is 0 Å². The van der Waals surface area contributed by atoms with Crippen LogP contribution in [-0.4, -0.2) is 30.9 Å². The van der Waals surface area contributed by atoms with Crippen LogP contribution in [0, 0.1) is 0 Å². The maximum absolute atomic E-state index is 12.2. The van der Waals surface area contributed by atoms with Gasteiger partial charge in [-0.2, -0.15) is 0 Å². The standard InChI is InChI=1S/C19H21N3O2/c1-19(12-17(23)22(2)18(20)21-19)15-8-4-6-13(10-15)14-7-5-9-16(11-14)24-3/h4-11H,12H2,1-3H3,(H2,20,21)/t19-/m0/s1. The van der Waals surface area contributed by atoms with Crippen LogP contribution in [0.2, 0.25) is 0 Å². The molecule has 2 aromatic rings. The molecule has 5 heteroatoms. The number of carbonyl (C=O) groups is 1. The van der Waals surface area contributed by atoms with Gasteiger partial charge in [0.05, 0.1) is 19.1 Å². The van der Waals surface area contributed by atoms with Gasteiger partial charge in [0, 0.05) is 7.05 Å². The first-order chi connectivity index (χ1) is 11.4. The molecule has 0 radical (unpaired) electrons. The van der Waals surface area contributed by atoms with Crippen molar-refractivity contribution in [1.82, 2.24) is 4.90 Å². The molecule has 5 nitrogen and oxygen atoms in total. The number of nitrogens with zero attached hydrogens (tertiary/aromatic N) is 2. The number of aliphatic imine (C=N–C) groups is 1. The molecule has 0 aliphatic carbocycles. The number of nitrogens with two attached hydrogens (primary N) is 1. The summed E-state index contributed by atoms with van der Waals surface area (Å²) in [7, 11) is 3.30. The molecule has 3 rings (SSSR count). The predicted octanol–water partition coefficient (Wildman–Crippen LogP) is 2.75. The van der Waals surface area contributed by atoms with Crippen LogP contribution in [0.4, 0.5) is 0 Å². The first-order valence-corrected chi connectivity index (χ1v) is 7.80. The monoisotopic (exact) mass is 323 g/mol. The van der Waals surface area contributed by atoms with E-state index in [4.69, 9.17) is 10.5 Å². The summed E-state index contributed by atoms with van der Waals surface area (Å²) in [5, 5.41) is 0. The summed E-state index contributed by atoms with van der Waals surface area (Å²) >= 11 is 0. The Morgan fingerprint density at radius 2 is 1.83 bits per heavy atom. The highest BCUT2D eigenvalue weighted by Crippen LogP contribution is 2.35. The molecule has 0 aromatic heterocycles. The van der Waals surface area contributed by atoms with Crippen molar-refractivity contribution in [2.45, 2.75) is 18.9 Å². The summed E-state index contributed by atoms with van der Waals surface area (Å²) in [4.78, 5) is 18.1. The van der Waals surface area contributed by atoms with Crippen LogP contribution in [0.1, 0.15) is 18.9 Å². The van der Waals surface area contributed by atoms with Crippen molar-refractivity contribution in [1.29, 1.82) is 0 Å². The van der Waals surface area contributed by atoms with Crippen LogP contribution >= 0.6 is 0 Å². The van der Waals surface area contributed by atoms with Gasteiger partial charge in [-0.1, -0.05) is 30.3 Å². The van der Waals surface area contributed by atoms with E-state index in [1.165, 1.54) is 4.90 Å². The summed E-state index contributed by atoms with van der Waals surface area (Å²) in [6.45, 7) is 1.94. The Morgan fingerprint density at radius 3 is 2.50 bits per heavy atom. The number of methoxy groups -OCH3 is 1. The van der Waals surface area contributed by atoms with Crippen LogP contribution in [0.3, 0.4) is 0 Å². The number of guanidine groups is 1. The van der Waals surface area contributed by atoms with E-state index in [1.807, 2.05) is 49.4 Å². The van der Waals surface area contributed by atoms with Crippen molar-refractivity contribution < 1.29 is 9.53 Å². The molecule has 0 saturated carbocycles. The third-order valence-electron chi connectivity index (χ3n) is 4.46. The second-order valence-electron chi connectivity index (χ2n) is 6.19. The molecule has 1 atom stereocenters. The van der Waals surface area contributed by atoms with Crippen molar-refractivity contribution in [3.8, 4) is 16.9 Å². The minimum Gasteiger partial charge on any atom is -0.497 e. The molecule has 24 heavy (non-hydrogen) atoms. The van der Waals surface area contributed by atoms with Gasteiger partial charge < -0.3 is 10.5 Å².